The fourth-order valence-electron chi connectivity index (χ4n) is 2.75. The molecule has 1 fully saturated rings. The van der Waals surface area contributed by atoms with Crippen LogP contribution < -0.4 is 5.73 Å². The van der Waals surface area contributed by atoms with Crippen molar-refractivity contribution in [1.29, 1.82) is 0 Å². The van der Waals surface area contributed by atoms with E-state index in [4.69, 9.17) is 15.6 Å². The van der Waals surface area contributed by atoms with Gasteiger partial charge in [-0.15, -0.1) is 0 Å². The molecule has 116 valence electrons. The third kappa shape index (κ3) is 5.48. The van der Waals surface area contributed by atoms with Crippen LogP contribution in [0, 0.1) is 0 Å². The first-order chi connectivity index (χ1) is 10.1. The molecule has 0 saturated carbocycles. The van der Waals surface area contributed by atoms with E-state index in [0.29, 0.717) is 12.5 Å². The summed E-state index contributed by atoms with van der Waals surface area (Å²) in [5, 5.41) is 8.80. The van der Waals surface area contributed by atoms with Gasteiger partial charge in [0.15, 0.2) is 0 Å². The van der Waals surface area contributed by atoms with Crippen molar-refractivity contribution in [1.82, 2.24) is 0 Å². The van der Waals surface area contributed by atoms with E-state index in [1.807, 2.05) is 12.1 Å². The Labute approximate surface area is 126 Å². The molecule has 1 aromatic carbocycles. The van der Waals surface area contributed by atoms with Crippen molar-refractivity contribution < 1.29 is 14.6 Å². The summed E-state index contributed by atoms with van der Waals surface area (Å²) in [6.07, 6.45) is 7.85. The minimum absolute atomic E-state index is 0.380. The summed E-state index contributed by atoms with van der Waals surface area (Å²) in [4.78, 5) is 10.7. The van der Waals surface area contributed by atoms with Gasteiger partial charge >= 0.3 is 5.97 Å². The number of carbonyl (C=O) groups is 1. The SMILES string of the molecule is NC(Cc1ccc(CCCC2CCCCO2)cc1)C(=O)O. The van der Waals surface area contributed by atoms with Crippen LogP contribution in [0.2, 0.25) is 0 Å². The molecule has 2 atom stereocenters. The predicted molar refractivity (Wildman–Crippen MR) is 82.3 cm³/mol. The lowest BCUT2D eigenvalue weighted by molar-refractivity contribution is -0.138. The number of aryl methyl sites for hydroxylation is 1. The van der Waals surface area contributed by atoms with Crippen molar-refractivity contribution in [3.8, 4) is 0 Å². The molecule has 2 rings (SSSR count). The molecule has 3 N–H and O–H groups in total. The zero-order valence-corrected chi connectivity index (χ0v) is 12.5. The average molecular weight is 291 g/mol. The normalized spacial score (nSPS) is 20.1. The van der Waals surface area contributed by atoms with Crippen LogP contribution in [0.3, 0.4) is 0 Å². The molecule has 1 aliphatic heterocycles. The fourth-order valence-corrected chi connectivity index (χ4v) is 2.75. The van der Waals surface area contributed by atoms with Gasteiger partial charge in [0.2, 0.25) is 0 Å². The second-order valence-electron chi connectivity index (χ2n) is 5.85. The quantitative estimate of drug-likeness (QED) is 0.809. The molecule has 4 nitrogen and oxygen atoms in total. The molecule has 1 saturated heterocycles. The zero-order chi connectivity index (χ0) is 15.1. The Balaban J connectivity index is 1.73. The molecule has 1 heterocycles. The molecule has 0 bridgehead atoms. The third-order valence-corrected chi connectivity index (χ3v) is 4.06. The van der Waals surface area contributed by atoms with Crippen LogP contribution in [0.15, 0.2) is 24.3 Å². The van der Waals surface area contributed by atoms with Gasteiger partial charge in [-0.1, -0.05) is 24.3 Å². The molecule has 0 amide bonds. The number of ether oxygens (including phenoxy) is 1. The standard InChI is InChI=1S/C17H25NO3/c18-16(17(19)20)12-14-9-7-13(8-10-14)4-3-6-15-5-1-2-11-21-15/h7-10,15-16H,1-6,11-12,18H2,(H,19,20). The lowest BCUT2D eigenvalue weighted by atomic mass is 9.99. The molecule has 0 spiro atoms. The van der Waals surface area contributed by atoms with Gasteiger partial charge in [-0.3, -0.25) is 4.79 Å². The van der Waals surface area contributed by atoms with E-state index < -0.39 is 12.0 Å². The van der Waals surface area contributed by atoms with Crippen LogP contribution in [-0.4, -0.2) is 29.8 Å². The summed E-state index contributed by atoms with van der Waals surface area (Å²) in [6.45, 7) is 0.920. The molecule has 4 heteroatoms. The maximum absolute atomic E-state index is 10.7. The summed E-state index contributed by atoms with van der Waals surface area (Å²) in [6, 6.07) is 7.29. The molecular weight excluding hydrogens is 266 g/mol. The molecular formula is C17H25NO3. The van der Waals surface area contributed by atoms with Gasteiger partial charge in [-0.05, 0) is 56.1 Å². The molecule has 21 heavy (non-hydrogen) atoms. The predicted octanol–water partition coefficient (Wildman–Crippen LogP) is 2.53. The molecule has 1 aliphatic rings. The number of hydrogen-bond acceptors (Lipinski definition) is 3. The van der Waals surface area contributed by atoms with Gasteiger partial charge in [-0.2, -0.15) is 0 Å². The molecule has 2 unspecified atom stereocenters. The summed E-state index contributed by atoms with van der Waals surface area (Å²) < 4.78 is 5.73. The monoisotopic (exact) mass is 291 g/mol. The summed E-state index contributed by atoms with van der Waals surface area (Å²) in [5.41, 5.74) is 7.80. The summed E-state index contributed by atoms with van der Waals surface area (Å²) in [7, 11) is 0. The number of carboxylic acid groups (broad SMARTS) is 1. The fraction of sp³-hybridized carbons (Fsp3) is 0.588. The van der Waals surface area contributed by atoms with Gasteiger partial charge in [0.05, 0.1) is 6.10 Å². The van der Waals surface area contributed by atoms with Crippen molar-refractivity contribution in [3.63, 3.8) is 0 Å². The van der Waals surface area contributed by atoms with Crippen molar-refractivity contribution >= 4 is 5.97 Å². The number of aliphatic carboxylic acids is 1. The molecule has 0 aromatic heterocycles. The van der Waals surface area contributed by atoms with Crippen LogP contribution >= 0.6 is 0 Å². The largest absolute Gasteiger partial charge is 0.480 e. The first-order valence-corrected chi connectivity index (χ1v) is 7.83. The highest BCUT2D eigenvalue weighted by atomic mass is 16.5. The smallest absolute Gasteiger partial charge is 0.320 e. The lowest BCUT2D eigenvalue weighted by Gasteiger charge is -2.22. The highest BCUT2D eigenvalue weighted by molar-refractivity contribution is 5.73. The first kappa shape index (κ1) is 16.0. The summed E-state index contributed by atoms with van der Waals surface area (Å²) in [5.74, 6) is -0.952. The number of nitrogens with two attached hydrogens (primary N) is 1. The Morgan fingerprint density at radius 2 is 2.00 bits per heavy atom. The molecule has 1 aromatic rings. The van der Waals surface area contributed by atoms with Crippen molar-refractivity contribution in [3.05, 3.63) is 35.4 Å². The van der Waals surface area contributed by atoms with Crippen molar-refractivity contribution in [2.24, 2.45) is 5.73 Å². The van der Waals surface area contributed by atoms with Crippen molar-refractivity contribution in [2.75, 3.05) is 6.61 Å². The lowest BCUT2D eigenvalue weighted by Crippen LogP contribution is -2.32. The Morgan fingerprint density at radius 3 is 2.62 bits per heavy atom. The summed E-state index contributed by atoms with van der Waals surface area (Å²) >= 11 is 0. The minimum atomic E-state index is -0.952. The van der Waals surface area contributed by atoms with E-state index >= 15 is 0 Å². The van der Waals surface area contributed by atoms with Crippen LogP contribution in [0.5, 0.6) is 0 Å². The maximum Gasteiger partial charge on any atom is 0.320 e. The Kier molecular flexibility index (Phi) is 6.21. The topological polar surface area (TPSA) is 72.5 Å². The van der Waals surface area contributed by atoms with E-state index in [1.54, 1.807) is 0 Å². The Hall–Kier alpha value is -1.39. The first-order valence-electron chi connectivity index (χ1n) is 7.83. The van der Waals surface area contributed by atoms with Crippen molar-refractivity contribution in [2.45, 2.75) is 57.1 Å². The second-order valence-corrected chi connectivity index (χ2v) is 5.85. The van der Waals surface area contributed by atoms with Crippen LogP contribution in [0.1, 0.15) is 43.2 Å². The van der Waals surface area contributed by atoms with E-state index in [9.17, 15) is 4.79 Å². The molecule has 0 aliphatic carbocycles. The highest BCUT2D eigenvalue weighted by Gasteiger charge is 2.13. The van der Waals surface area contributed by atoms with Crippen LogP contribution in [-0.2, 0) is 22.4 Å². The van der Waals surface area contributed by atoms with Crippen LogP contribution in [0.25, 0.3) is 0 Å². The second kappa shape index (κ2) is 8.15. The average Bonchev–Trinajstić information content (AvgIpc) is 2.50. The number of benzene rings is 1. The highest BCUT2D eigenvalue weighted by Crippen LogP contribution is 2.18. The minimum Gasteiger partial charge on any atom is -0.480 e. The Morgan fingerprint density at radius 1 is 1.29 bits per heavy atom. The van der Waals surface area contributed by atoms with Gasteiger partial charge in [0, 0.05) is 6.61 Å². The Bertz CT molecular complexity index is 438. The number of rotatable bonds is 7. The van der Waals surface area contributed by atoms with Gasteiger partial charge in [0.25, 0.3) is 0 Å². The molecule has 0 radical (unpaired) electrons. The van der Waals surface area contributed by atoms with E-state index in [1.165, 1.54) is 24.8 Å². The van der Waals surface area contributed by atoms with Gasteiger partial charge < -0.3 is 15.6 Å². The number of hydrogen-bond donors (Lipinski definition) is 2. The van der Waals surface area contributed by atoms with E-state index in [-0.39, 0.29) is 0 Å². The zero-order valence-electron chi connectivity index (χ0n) is 12.5. The van der Waals surface area contributed by atoms with Gasteiger partial charge in [0.1, 0.15) is 6.04 Å². The van der Waals surface area contributed by atoms with E-state index in [0.717, 1.165) is 31.4 Å². The third-order valence-electron chi connectivity index (χ3n) is 4.06. The number of carboxylic acids is 1. The van der Waals surface area contributed by atoms with E-state index in [2.05, 4.69) is 12.1 Å². The van der Waals surface area contributed by atoms with Gasteiger partial charge in [-0.25, -0.2) is 0 Å². The van der Waals surface area contributed by atoms with Crippen LogP contribution in [0.4, 0.5) is 0 Å². The maximum atomic E-state index is 10.7.